The Labute approximate surface area is 177 Å². The van der Waals surface area contributed by atoms with Gasteiger partial charge in [0.05, 0.1) is 24.9 Å². The van der Waals surface area contributed by atoms with Crippen molar-refractivity contribution in [1.82, 2.24) is 15.3 Å². The number of carbonyl (C=O) groups is 1. The fourth-order valence-electron chi connectivity index (χ4n) is 3.05. The highest BCUT2D eigenvalue weighted by atomic mass is 32.2. The molecule has 0 bridgehead atoms. The molecule has 1 amide bonds. The van der Waals surface area contributed by atoms with Gasteiger partial charge in [0.2, 0.25) is 11.8 Å². The Hall–Kier alpha value is -2.65. The normalized spacial score (nSPS) is 16.0. The molecule has 1 aromatic carbocycles. The lowest BCUT2D eigenvalue weighted by molar-refractivity contribution is -0.120. The van der Waals surface area contributed by atoms with Gasteiger partial charge in [0.1, 0.15) is 16.5 Å². The number of ether oxygens (including phenoxy) is 2. The molecule has 3 heterocycles. The van der Waals surface area contributed by atoms with Crippen LogP contribution in [0, 0.1) is 0 Å². The van der Waals surface area contributed by atoms with E-state index in [-0.39, 0.29) is 11.2 Å². The molecule has 2 aromatic heterocycles. The molecule has 0 radical (unpaired) electrons. The number of nitrogens with zero attached hydrogens (tertiary/aromatic N) is 2. The van der Waals surface area contributed by atoms with Gasteiger partial charge in [0.25, 0.3) is 0 Å². The first-order valence-electron chi connectivity index (χ1n) is 9.01. The Morgan fingerprint density at radius 2 is 2.24 bits per heavy atom. The zero-order valence-electron chi connectivity index (χ0n) is 15.9. The molecule has 4 rings (SSSR count). The molecule has 1 unspecified atom stereocenters. The number of rotatable bonds is 6. The first-order chi connectivity index (χ1) is 14.1. The van der Waals surface area contributed by atoms with E-state index >= 15 is 0 Å². The molecule has 1 aliphatic heterocycles. The van der Waals surface area contributed by atoms with Gasteiger partial charge in [0, 0.05) is 47.3 Å². The van der Waals surface area contributed by atoms with Gasteiger partial charge in [0.15, 0.2) is 0 Å². The summed E-state index contributed by atoms with van der Waals surface area (Å²) in [5.41, 5.74) is 1.77. The number of aromatic amines is 1. The van der Waals surface area contributed by atoms with E-state index in [1.54, 1.807) is 38.2 Å². The standard InChI is InChI=1S/C20H20N4O3S2/c1-21-17(25)8-14-10-23-20(29-14)15-6-11-5-12(7-16(26-2)19(11)24-15)27-18-4-3-13(28)9-22-18/h3-7,9,14,24,28H,8,10H2,1-2H3,(H,21,25). The number of benzene rings is 1. The second-order valence-electron chi connectivity index (χ2n) is 6.49. The summed E-state index contributed by atoms with van der Waals surface area (Å²) in [6, 6.07) is 9.34. The highest BCUT2D eigenvalue weighted by Crippen LogP contribution is 2.35. The van der Waals surface area contributed by atoms with Crippen molar-refractivity contribution in [2.45, 2.75) is 16.6 Å². The number of nitrogens with one attached hydrogen (secondary N) is 2. The summed E-state index contributed by atoms with van der Waals surface area (Å²) in [4.78, 5) is 24.6. The Morgan fingerprint density at radius 3 is 2.97 bits per heavy atom. The second-order valence-corrected chi connectivity index (χ2v) is 8.30. The fraction of sp³-hybridized carbons (Fsp3) is 0.250. The quantitative estimate of drug-likeness (QED) is 0.522. The summed E-state index contributed by atoms with van der Waals surface area (Å²) in [6.07, 6.45) is 2.08. The van der Waals surface area contributed by atoms with Gasteiger partial charge in [-0.2, -0.15) is 0 Å². The van der Waals surface area contributed by atoms with Gasteiger partial charge in [-0.15, -0.1) is 12.6 Å². The van der Waals surface area contributed by atoms with Crippen molar-refractivity contribution in [3.05, 3.63) is 42.2 Å². The average molecular weight is 429 g/mol. The summed E-state index contributed by atoms with van der Waals surface area (Å²) in [6.45, 7) is 0.626. The predicted molar refractivity (Wildman–Crippen MR) is 118 cm³/mol. The summed E-state index contributed by atoms with van der Waals surface area (Å²) < 4.78 is 11.4. The number of hydrogen-bond acceptors (Lipinski definition) is 7. The van der Waals surface area contributed by atoms with Crippen molar-refractivity contribution < 1.29 is 14.3 Å². The smallest absolute Gasteiger partial charge is 0.220 e. The van der Waals surface area contributed by atoms with Gasteiger partial charge in [-0.05, 0) is 18.2 Å². The van der Waals surface area contributed by atoms with E-state index in [2.05, 4.69) is 32.9 Å². The average Bonchev–Trinajstić information content (AvgIpc) is 3.35. The molecule has 2 N–H and O–H groups in total. The number of methoxy groups -OCH3 is 1. The predicted octanol–water partition coefficient (Wildman–Crippen LogP) is 3.65. The molecular formula is C20H20N4O3S2. The van der Waals surface area contributed by atoms with Crippen LogP contribution in [-0.2, 0) is 4.79 Å². The summed E-state index contributed by atoms with van der Waals surface area (Å²) in [5, 5.41) is 4.65. The Kier molecular flexibility index (Phi) is 5.68. The third-order valence-electron chi connectivity index (χ3n) is 4.47. The Bertz CT molecular complexity index is 1080. The molecule has 1 atom stereocenters. The largest absolute Gasteiger partial charge is 0.494 e. The highest BCUT2D eigenvalue weighted by Gasteiger charge is 2.24. The fourth-order valence-corrected chi connectivity index (χ4v) is 4.27. The van der Waals surface area contributed by atoms with Crippen molar-refractivity contribution in [1.29, 1.82) is 0 Å². The Balaban J connectivity index is 1.58. The third-order valence-corrected chi connectivity index (χ3v) is 5.95. The molecule has 7 nitrogen and oxygen atoms in total. The molecule has 0 saturated carbocycles. The zero-order chi connectivity index (χ0) is 20.4. The number of thioether (sulfide) groups is 1. The maximum atomic E-state index is 11.6. The van der Waals surface area contributed by atoms with Gasteiger partial charge >= 0.3 is 0 Å². The minimum absolute atomic E-state index is 0.0265. The van der Waals surface area contributed by atoms with Crippen molar-refractivity contribution in [3.63, 3.8) is 0 Å². The van der Waals surface area contributed by atoms with E-state index in [4.69, 9.17) is 9.47 Å². The van der Waals surface area contributed by atoms with Crippen LogP contribution >= 0.6 is 24.4 Å². The molecule has 150 valence electrons. The van der Waals surface area contributed by atoms with Crippen LogP contribution in [0.15, 0.2) is 46.4 Å². The van der Waals surface area contributed by atoms with Gasteiger partial charge in [-0.25, -0.2) is 4.98 Å². The minimum atomic E-state index is 0.0265. The highest BCUT2D eigenvalue weighted by molar-refractivity contribution is 8.15. The molecular weight excluding hydrogens is 408 g/mol. The molecule has 29 heavy (non-hydrogen) atoms. The number of fused-ring (bicyclic) bond motifs is 1. The van der Waals surface area contributed by atoms with Crippen molar-refractivity contribution >= 4 is 46.2 Å². The van der Waals surface area contributed by atoms with E-state index in [1.165, 1.54) is 0 Å². The monoisotopic (exact) mass is 428 g/mol. The van der Waals surface area contributed by atoms with Crippen LogP contribution in [-0.4, -0.2) is 46.9 Å². The van der Waals surface area contributed by atoms with Crippen LogP contribution < -0.4 is 14.8 Å². The van der Waals surface area contributed by atoms with Crippen molar-refractivity contribution in [2.24, 2.45) is 4.99 Å². The maximum Gasteiger partial charge on any atom is 0.220 e. The van der Waals surface area contributed by atoms with Crippen LogP contribution in [0.4, 0.5) is 0 Å². The van der Waals surface area contributed by atoms with E-state index in [0.717, 1.165) is 26.5 Å². The number of carbonyl (C=O) groups excluding carboxylic acids is 1. The van der Waals surface area contributed by atoms with E-state index in [1.807, 2.05) is 24.3 Å². The lowest BCUT2D eigenvalue weighted by Crippen LogP contribution is -2.22. The lowest BCUT2D eigenvalue weighted by atomic mass is 10.2. The minimum Gasteiger partial charge on any atom is -0.494 e. The van der Waals surface area contributed by atoms with E-state index in [0.29, 0.717) is 30.3 Å². The summed E-state index contributed by atoms with van der Waals surface area (Å²) >= 11 is 5.85. The van der Waals surface area contributed by atoms with E-state index in [9.17, 15) is 4.79 Å². The zero-order valence-corrected chi connectivity index (χ0v) is 17.6. The molecule has 3 aromatic rings. The van der Waals surface area contributed by atoms with Crippen LogP contribution in [0.25, 0.3) is 10.9 Å². The summed E-state index contributed by atoms with van der Waals surface area (Å²) in [7, 11) is 3.27. The number of thiol groups is 1. The van der Waals surface area contributed by atoms with Gasteiger partial charge < -0.3 is 19.8 Å². The summed E-state index contributed by atoms with van der Waals surface area (Å²) in [5.74, 6) is 1.80. The number of aliphatic imine (C=N–C) groups is 1. The van der Waals surface area contributed by atoms with Crippen LogP contribution in [0.1, 0.15) is 12.1 Å². The van der Waals surface area contributed by atoms with Gasteiger partial charge in [-0.1, -0.05) is 11.8 Å². The maximum absolute atomic E-state index is 11.6. The number of amides is 1. The van der Waals surface area contributed by atoms with Crippen LogP contribution in [0.5, 0.6) is 17.4 Å². The lowest BCUT2D eigenvalue weighted by Gasteiger charge is -2.08. The molecule has 1 aliphatic rings. The number of H-pyrrole nitrogens is 1. The van der Waals surface area contributed by atoms with Crippen molar-refractivity contribution in [2.75, 3.05) is 20.7 Å². The van der Waals surface area contributed by atoms with E-state index < -0.39 is 0 Å². The van der Waals surface area contributed by atoms with Gasteiger partial charge in [-0.3, -0.25) is 9.79 Å². The topological polar surface area (TPSA) is 88.6 Å². The molecule has 0 saturated heterocycles. The number of pyridine rings is 1. The molecule has 0 spiro atoms. The second kappa shape index (κ2) is 8.38. The molecule has 0 aliphatic carbocycles. The molecule has 0 fully saturated rings. The molecule has 9 heteroatoms. The SMILES string of the molecule is CNC(=O)CC1CN=C(c2cc3cc(Oc4ccc(S)cn4)cc(OC)c3[nH]2)S1. The number of hydrogen-bond donors (Lipinski definition) is 3. The third kappa shape index (κ3) is 4.35. The Morgan fingerprint density at radius 1 is 1.38 bits per heavy atom. The first kappa shape index (κ1) is 19.7. The van der Waals surface area contributed by atoms with Crippen LogP contribution in [0.2, 0.25) is 0 Å². The first-order valence-corrected chi connectivity index (χ1v) is 10.3. The number of aromatic nitrogens is 2. The van der Waals surface area contributed by atoms with Crippen LogP contribution in [0.3, 0.4) is 0 Å². The van der Waals surface area contributed by atoms with Crippen molar-refractivity contribution in [3.8, 4) is 17.4 Å².